The average Bonchev–Trinajstić information content (AvgIpc) is 2.69. The lowest BCUT2D eigenvalue weighted by Crippen LogP contribution is -3.28. The zero-order valence-electron chi connectivity index (χ0n) is 17.4. The molecule has 0 radical (unpaired) electrons. The van der Waals surface area contributed by atoms with Crippen LogP contribution in [-0.4, -0.2) is 58.2 Å². The molecule has 0 aliphatic carbocycles. The number of ether oxygens (including phenoxy) is 1. The van der Waals surface area contributed by atoms with Crippen LogP contribution in [0.15, 0.2) is 42.5 Å². The lowest BCUT2D eigenvalue weighted by atomic mass is 10.2. The lowest BCUT2D eigenvalue weighted by molar-refractivity contribution is -1.00. The van der Waals surface area contributed by atoms with Crippen molar-refractivity contribution in [1.29, 1.82) is 0 Å². The SMILES string of the molecule is COc1ccc(C)cc1NC(=O)C[NH+]1CC[NH+](CC(=O)Nc2cccc(F)c2)CC1. The molecule has 2 aromatic rings. The number of nitrogens with one attached hydrogen (secondary N) is 4. The second-order valence-corrected chi connectivity index (χ2v) is 7.66. The van der Waals surface area contributed by atoms with Crippen LogP contribution in [-0.2, 0) is 9.59 Å². The number of rotatable bonds is 7. The molecule has 0 spiro atoms. The molecule has 0 saturated carbocycles. The van der Waals surface area contributed by atoms with E-state index in [1.54, 1.807) is 19.2 Å². The number of quaternary nitrogens is 2. The van der Waals surface area contributed by atoms with Crippen LogP contribution >= 0.6 is 0 Å². The standard InChI is InChI=1S/C22H27FN4O3/c1-16-6-7-20(30-2)19(12-16)25-22(29)15-27-10-8-26(9-11-27)14-21(28)24-18-5-3-4-17(23)13-18/h3-7,12-13H,8-11,14-15H2,1-2H3,(H,24,28)(H,25,29)/p+2. The van der Waals surface area contributed by atoms with E-state index in [-0.39, 0.29) is 17.6 Å². The molecule has 2 aromatic carbocycles. The molecule has 0 bridgehead atoms. The number of anilines is 2. The summed E-state index contributed by atoms with van der Waals surface area (Å²) in [7, 11) is 1.58. The van der Waals surface area contributed by atoms with E-state index in [9.17, 15) is 14.0 Å². The van der Waals surface area contributed by atoms with E-state index in [2.05, 4.69) is 10.6 Å². The molecule has 2 amide bonds. The predicted molar refractivity (Wildman–Crippen MR) is 113 cm³/mol. The summed E-state index contributed by atoms with van der Waals surface area (Å²) in [5.41, 5.74) is 2.19. The number of carbonyl (C=O) groups is 2. The van der Waals surface area contributed by atoms with Crippen LogP contribution in [0.4, 0.5) is 15.8 Å². The first-order chi connectivity index (χ1) is 14.4. The molecule has 30 heavy (non-hydrogen) atoms. The largest absolute Gasteiger partial charge is 0.495 e. The minimum atomic E-state index is -0.376. The maximum Gasteiger partial charge on any atom is 0.279 e. The van der Waals surface area contributed by atoms with E-state index < -0.39 is 0 Å². The number of aryl methyl sites for hydroxylation is 1. The van der Waals surface area contributed by atoms with Gasteiger partial charge in [-0.2, -0.15) is 0 Å². The van der Waals surface area contributed by atoms with Gasteiger partial charge >= 0.3 is 0 Å². The number of hydrogen-bond donors (Lipinski definition) is 4. The fraction of sp³-hybridized carbons (Fsp3) is 0.364. The monoisotopic (exact) mass is 416 g/mol. The molecule has 0 unspecified atom stereocenters. The highest BCUT2D eigenvalue weighted by molar-refractivity contribution is 5.93. The highest BCUT2D eigenvalue weighted by atomic mass is 19.1. The summed E-state index contributed by atoms with van der Waals surface area (Å²) in [4.78, 5) is 27.0. The number of hydrogen-bond acceptors (Lipinski definition) is 3. The molecular formula is C22H29FN4O3+2. The van der Waals surface area contributed by atoms with Crippen LogP contribution in [0.1, 0.15) is 5.56 Å². The number of methoxy groups -OCH3 is 1. The first-order valence-corrected chi connectivity index (χ1v) is 10.1. The smallest absolute Gasteiger partial charge is 0.279 e. The molecule has 4 N–H and O–H groups in total. The third-order valence-corrected chi connectivity index (χ3v) is 5.22. The van der Waals surface area contributed by atoms with Gasteiger partial charge in [0, 0.05) is 5.69 Å². The lowest BCUT2D eigenvalue weighted by Gasteiger charge is -2.29. The predicted octanol–water partition coefficient (Wildman–Crippen LogP) is -0.497. The first kappa shape index (κ1) is 21.7. The van der Waals surface area contributed by atoms with Crippen molar-refractivity contribution in [3.8, 4) is 5.75 Å². The zero-order valence-corrected chi connectivity index (χ0v) is 17.4. The summed E-state index contributed by atoms with van der Waals surface area (Å²) in [6, 6.07) is 11.6. The molecule has 3 rings (SSSR count). The van der Waals surface area contributed by atoms with E-state index >= 15 is 0 Å². The Morgan fingerprint density at radius 2 is 1.60 bits per heavy atom. The van der Waals surface area contributed by atoms with Gasteiger partial charge in [0.2, 0.25) is 0 Å². The van der Waals surface area contributed by atoms with Crippen molar-refractivity contribution in [3.05, 3.63) is 53.8 Å². The minimum absolute atomic E-state index is 0.0544. The third-order valence-electron chi connectivity index (χ3n) is 5.22. The molecule has 1 aliphatic rings. The zero-order chi connectivity index (χ0) is 21.5. The Hall–Kier alpha value is -2.97. The topological polar surface area (TPSA) is 76.3 Å². The minimum Gasteiger partial charge on any atom is -0.495 e. The van der Waals surface area contributed by atoms with Crippen molar-refractivity contribution in [2.75, 3.05) is 57.0 Å². The van der Waals surface area contributed by atoms with Gasteiger partial charge in [0.05, 0.1) is 12.8 Å². The fourth-order valence-electron chi connectivity index (χ4n) is 3.65. The molecule has 1 heterocycles. The van der Waals surface area contributed by atoms with Crippen molar-refractivity contribution in [2.24, 2.45) is 0 Å². The Balaban J connectivity index is 1.42. The molecule has 1 fully saturated rings. The van der Waals surface area contributed by atoms with E-state index in [4.69, 9.17) is 4.74 Å². The van der Waals surface area contributed by atoms with Gasteiger partial charge in [0.25, 0.3) is 11.8 Å². The first-order valence-electron chi connectivity index (χ1n) is 10.1. The second-order valence-electron chi connectivity index (χ2n) is 7.66. The van der Waals surface area contributed by atoms with Crippen LogP contribution in [0, 0.1) is 12.7 Å². The highest BCUT2D eigenvalue weighted by Gasteiger charge is 2.26. The summed E-state index contributed by atoms with van der Waals surface area (Å²) >= 11 is 0. The average molecular weight is 416 g/mol. The number of piperazine rings is 1. The Labute approximate surface area is 175 Å². The number of carbonyl (C=O) groups excluding carboxylic acids is 2. The fourth-order valence-corrected chi connectivity index (χ4v) is 3.65. The molecule has 1 saturated heterocycles. The van der Waals surface area contributed by atoms with Crippen LogP contribution in [0.2, 0.25) is 0 Å². The summed E-state index contributed by atoms with van der Waals surface area (Å²) in [6.07, 6.45) is 0. The van der Waals surface area contributed by atoms with E-state index in [0.29, 0.717) is 30.2 Å². The van der Waals surface area contributed by atoms with Crippen molar-refractivity contribution >= 4 is 23.2 Å². The maximum absolute atomic E-state index is 13.2. The number of amides is 2. The molecular weight excluding hydrogens is 387 g/mol. The van der Waals surface area contributed by atoms with E-state index in [0.717, 1.165) is 36.6 Å². The van der Waals surface area contributed by atoms with Crippen molar-refractivity contribution < 1.29 is 28.5 Å². The van der Waals surface area contributed by atoms with Gasteiger partial charge in [-0.25, -0.2) is 4.39 Å². The Kier molecular flexibility index (Phi) is 7.37. The summed E-state index contributed by atoms with van der Waals surface area (Å²) < 4.78 is 18.5. The van der Waals surface area contributed by atoms with Crippen LogP contribution < -0.4 is 25.2 Å². The molecule has 1 aliphatic heterocycles. The highest BCUT2D eigenvalue weighted by Crippen LogP contribution is 2.24. The van der Waals surface area contributed by atoms with Crippen LogP contribution in [0.3, 0.4) is 0 Å². The van der Waals surface area contributed by atoms with Gasteiger partial charge < -0.3 is 25.2 Å². The van der Waals surface area contributed by atoms with Gasteiger partial charge in [-0.15, -0.1) is 0 Å². The Morgan fingerprint density at radius 3 is 2.20 bits per heavy atom. The number of benzene rings is 2. The maximum atomic E-state index is 13.2. The molecule has 8 heteroatoms. The van der Waals surface area contributed by atoms with Gasteiger partial charge in [-0.05, 0) is 42.8 Å². The molecule has 0 atom stereocenters. The van der Waals surface area contributed by atoms with Gasteiger partial charge in [0.15, 0.2) is 13.1 Å². The summed E-state index contributed by atoms with van der Waals surface area (Å²) in [6.45, 7) is 5.88. The van der Waals surface area contributed by atoms with Gasteiger partial charge in [0.1, 0.15) is 37.7 Å². The van der Waals surface area contributed by atoms with Crippen LogP contribution in [0.25, 0.3) is 0 Å². The number of halogens is 1. The molecule has 160 valence electrons. The Bertz CT molecular complexity index is 898. The van der Waals surface area contributed by atoms with Crippen molar-refractivity contribution in [3.63, 3.8) is 0 Å². The Morgan fingerprint density at radius 1 is 0.967 bits per heavy atom. The van der Waals surface area contributed by atoms with Crippen LogP contribution in [0.5, 0.6) is 5.75 Å². The molecule has 7 nitrogen and oxygen atoms in total. The van der Waals surface area contributed by atoms with E-state index in [1.165, 1.54) is 17.0 Å². The third kappa shape index (κ3) is 6.27. The summed E-state index contributed by atoms with van der Waals surface area (Å²) in [5, 5.41) is 5.67. The quantitative estimate of drug-likeness (QED) is 0.492. The van der Waals surface area contributed by atoms with E-state index in [1.807, 2.05) is 25.1 Å². The van der Waals surface area contributed by atoms with Gasteiger partial charge in [-0.1, -0.05) is 12.1 Å². The summed E-state index contributed by atoms with van der Waals surface area (Å²) in [5.74, 6) is 0.0750. The van der Waals surface area contributed by atoms with Gasteiger partial charge in [-0.3, -0.25) is 9.59 Å². The second kappa shape index (κ2) is 10.2. The normalized spacial score (nSPS) is 18.5. The molecule has 0 aromatic heterocycles. The van der Waals surface area contributed by atoms with Crippen molar-refractivity contribution in [2.45, 2.75) is 6.92 Å². The van der Waals surface area contributed by atoms with Crippen molar-refractivity contribution in [1.82, 2.24) is 0 Å².